The number of hydrogen-bond acceptors (Lipinski definition) is 24. The van der Waals surface area contributed by atoms with E-state index in [9.17, 15) is 38.4 Å². The molecule has 0 saturated heterocycles. The van der Waals surface area contributed by atoms with Crippen LogP contribution in [0.2, 0.25) is 0 Å². The summed E-state index contributed by atoms with van der Waals surface area (Å²) in [5.41, 5.74) is 0. The molecule has 0 aromatic carbocycles. The van der Waals surface area contributed by atoms with Crippen molar-refractivity contribution >= 4 is 48.2 Å². The molecule has 0 N–H and O–H groups in total. The van der Waals surface area contributed by atoms with E-state index in [0.717, 1.165) is 0 Å². The molecule has 16 rings (SSSR count). The van der Waals surface area contributed by atoms with Crippen molar-refractivity contribution in [1.82, 2.24) is 153 Å². The molecular formula is C56H48N32O8Rh. The van der Waals surface area contributed by atoms with Crippen molar-refractivity contribution in [3.8, 4) is 0 Å². The molecule has 0 spiro atoms. The molecule has 16 heterocycles. The molecule has 0 fully saturated rings. The summed E-state index contributed by atoms with van der Waals surface area (Å²) in [5, 5.41) is 0. The SMILES string of the molecule is O=C(n1ccnc1)n1ccnc1.O=C(n1ccnc1)n1ccnc1.O=C(n1ccnc1)n1ccnc1.O=C(n1ccnc1)n1ccnc1.O=C(n1ccnc1)n1ccnc1.O=C(n1ccnc1)n1ccnc1.O=C(n1ccnc1)n1ccnc1.O=C(n1ccnc1)n1ccnc1.[Rh]. The molecule has 16 aromatic heterocycles. The van der Waals surface area contributed by atoms with Gasteiger partial charge in [-0.25, -0.2) is 118 Å². The maximum absolute atomic E-state index is 11.4. The van der Waals surface area contributed by atoms with Gasteiger partial charge in [-0.15, -0.1) is 0 Å². The summed E-state index contributed by atoms with van der Waals surface area (Å²) < 4.78 is 22.0. The minimum Gasteiger partial charge on any atom is -0.257 e. The van der Waals surface area contributed by atoms with E-state index in [0.29, 0.717) is 0 Å². The topological polar surface area (TPSA) is 422 Å². The standard InChI is InChI=1S/8C7H6N4O.Rh/c8*12-7(10-3-1-8-5-10)11-4-2-9-6-11;/h8*1-6H;. The van der Waals surface area contributed by atoms with Crippen molar-refractivity contribution < 1.29 is 57.8 Å². The fourth-order valence-electron chi connectivity index (χ4n) is 7.02. The third-order valence-corrected chi connectivity index (χ3v) is 11.6. The largest absolute Gasteiger partial charge is 0.338 e. The van der Waals surface area contributed by atoms with Gasteiger partial charge in [0.25, 0.3) is 0 Å². The maximum atomic E-state index is 11.4. The number of carbonyl (C=O) groups is 8. The zero-order valence-electron chi connectivity index (χ0n) is 49.6. The Morgan fingerprint density at radius 1 is 0.134 bits per heavy atom. The second kappa shape index (κ2) is 35.7. The average molecular weight is 1400 g/mol. The van der Waals surface area contributed by atoms with Crippen LogP contribution < -0.4 is 0 Å². The first-order chi connectivity index (χ1) is 47.0. The number of hydrogen-bond donors (Lipinski definition) is 0. The van der Waals surface area contributed by atoms with Gasteiger partial charge >= 0.3 is 48.2 Å². The second-order valence-corrected chi connectivity index (χ2v) is 17.8. The predicted molar refractivity (Wildman–Crippen MR) is 325 cm³/mol. The van der Waals surface area contributed by atoms with Crippen molar-refractivity contribution in [2.45, 2.75) is 0 Å². The third-order valence-electron chi connectivity index (χ3n) is 11.6. The molecule has 0 unspecified atom stereocenters. The van der Waals surface area contributed by atoms with E-state index in [-0.39, 0.29) is 67.7 Å². The first-order valence-corrected chi connectivity index (χ1v) is 27.1. The zero-order chi connectivity index (χ0) is 67.1. The van der Waals surface area contributed by atoms with Crippen LogP contribution in [0.25, 0.3) is 0 Å². The molecule has 0 saturated carbocycles. The Morgan fingerprint density at radius 3 is 0.237 bits per heavy atom. The Balaban J connectivity index is 0.000000141. The van der Waals surface area contributed by atoms with Crippen LogP contribution in [0.1, 0.15) is 0 Å². The summed E-state index contributed by atoms with van der Waals surface area (Å²) in [6.45, 7) is 0. The first-order valence-electron chi connectivity index (χ1n) is 27.1. The molecular weight excluding hydrogens is 1350 g/mol. The Morgan fingerprint density at radius 2 is 0.196 bits per heavy atom. The fraction of sp³-hybridized carbons (Fsp3) is 0. The molecule has 97 heavy (non-hydrogen) atoms. The maximum Gasteiger partial charge on any atom is 0.338 e. The normalized spacial score (nSPS) is 9.90. The molecule has 0 aliphatic heterocycles. The van der Waals surface area contributed by atoms with Gasteiger partial charge in [0.15, 0.2) is 0 Å². The molecule has 16 aromatic rings. The van der Waals surface area contributed by atoms with Crippen molar-refractivity contribution in [1.29, 1.82) is 0 Å². The van der Waals surface area contributed by atoms with Crippen LogP contribution in [0.4, 0.5) is 38.4 Å². The fourth-order valence-corrected chi connectivity index (χ4v) is 7.02. The Kier molecular flexibility index (Phi) is 25.1. The Labute approximate surface area is 556 Å². The number of imidazole rings is 16. The minimum absolute atomic E-state index is 0. The van der Waals surface area contributed by atoms with Crippen LogP contribution in [0, 0.1) is 0 Å². The van der Waals surface area contributed by atoms with Gasteiger partial charge in [-0.05, 0) is 0 Å². The molecule has 0 atom stereocenters. The van der Waals surface area contributed by atoms with Crippen molar-refractivity contribution in [2.24, 2.45) is 0 Å². The van der Waals surface area contributed by atoms with E-state index in [1.54, 1.807) is 198 Å². The van der Waals surface area contributed by atoms with Gasteiger partial charge in [-0.2, -0.15) is 0 Å². The monoisotopic (exact) mass is 1400 g/mol. The Bertz CT molecular complexity index is 3530. The van der Waals surface area contributed by atoms with E-state index in [1.807, 2.05) is 0 Å². The second-order valence-electron chi connectivity index (χ2n) is 17.8. The summed E-state index contributed by atoms with van der Waals surface area (Å²) in [6, 6.07) is -1.52. The van der Waals surface area contributed by atoms with Gasteiger partial charge in [-0.3, -0.25) is 73.1 Å². The van der Waals surface area contributed by atoms with Crippen LogP contribution in [0.15, 0.2) is 300 Å². The van der Waals surface area contributed by atoms with Crippen LogP contribution in [-0.4, -0.2) is 201 Å². The smallest absolute Gasteiger partial charge is 0.257 e. The van der Waals surface area contributed by atoms with Gasteiger partial charge < -0.3 is 0 Å². The molecule has 489 valence electrons. The first kappa shape index (κ1) is 68.3. The van der Waals surface area contributed by atoms with Crippen LogP contribution >= 0.6 is 0 Å². The van der Waals surface area contributed by atoms with E-state index >= 15 is 0 Å². The number of nitrogens with zero attached hydrogens (tertiary/aromatic N) is 32. The van der Waals surface area contributed by atoms with Gasteiger partial charge in [0, 0.05) is 218 Å². The van der Waals surface area contributed by atoms with Gasteiger partial charge in [-0.1, -0.05) is 0 Å². The van der Waals surface area contributed by atoms with Crippen LogP contribution in [0.3, 0.4) is 0 Å². The van der Waals surface area contributed by atoms with Gasteiger partial charge in [0.05, 0.1) is 0 Å². The van der Waals surface area contributed by atoms with E-state index in [4.69, 9.17) is 0 Å². The quantitative estimate of drug-likeness (QED) is 0.185. The zero-order valence-corrected chi connectivity index (χ0v) is 51.3. The molecule has 0 aliphatic carbocycles. The molecule has 40 nitrogen and oxygen atoms in total. The minimum atomic E-state index is -0.190. The number of rotatable bonds is 0. The van der Waals surface area contributed by atoms with Crippen LogP contribution in [0.5, 0.6) is 0 Å². The van der Waals surface area contributed by atoms with E-state index < -0.39 is 0 Å². The van der Waals surface area contributed by atoms with Crippen molar-refractivity contribution in [2.75, 3.05) is 0 Å². The van der Waals surface area contributed by atoms with E-state index in [1.165, 1.54) is 174 Å². The number of carbonyl (C=O) groups excluding carboxylic acids is 8. The Hall–Kier alpha value is -14.7. The van der Waals surface area contributed by atoms with Crippen LogP contribution in [-0.2, 0) is 19.5 Å². The molecule has 0 amide bonds. The number of aromatic nitrogens is 32. The average Bonchev–Trinajstić information content (AvgIpc) is 2.60. The summed E-state index contributed by atoms with van der Waals surface area (Å²) in [7, 11) is 0. The van der Waals surface area contributed by atoms with Gasteiger partial charge in [0.1, 0.15) is 101 Å². The summed E-state index contributed by atoms with van der Waals surface area (Å²) in [6.07, 6.45) is 73.3. The summed E-state index contributed by atoms with van der Waals surface area (Å²) >= 11 is 0. The molecule has 41 heteroatoms. The molecule has 0 bridgehead atoms. The van der Waals surface area contributed by atoms with Crippen molar-refractivity contribution in [3.63, 3.8) is 0 Å². The summed E-state index contributed by atoms with van der Waals surface area (Å²) in [5.74, 6) is 0. The van der Waals surface area contributed by atoms with Crippen molar-refractivity contribution in [3.05, 3.63) is 300 Å². The third kappa shape index (κ3) is 19.7. The molecule has 1 radical (unpaired) electrons. The summed E-state index contributed by atoms with van der Waals surface area (Å²) in [4.78, 5) is 151. The van der Waals surface area contributed by atoms with Gasteiger partial charge in [0.2, 0.25) is 0 Å². The molecule has 0 aliphatic rings. The van der Waals surface area contributed by atoms with E-state index in [2.05, 4.69) is 79.7 Å². The predicted octanol–water partition coefficient (Wildman–Crippen LogP) is 4.77.